The van der Waals surface area contributed by atoms with E-state index in [1.54, 1.807) is 6.92 Å². The van der Waals surface area contributed by atoms with E-state index >= 15 is 0 Å². The van der Waals surface area contributed by atoms with E-state index in [1.165, 1.54) is 5.56 Å². The molecule has 1 N–H and O–H groups in total. The second kappa shape index (κ2) is 8.11. The van der Waals surface area contributed by atoms with Crippen LogP contribution in [0.1, 0.15) is 57.6 Å². The molecule has 1 aromatic carbocycles. The van der Waals surface area contributed by atoms with Crippen LogP contribution in [-0.2, 0) is 15.6 Å². The molecule has 4 heteroatoms. The van der Waals surface area contributed by atoms with Crippen LogP contribution in [0, 0.1) is 0 Å². The number of aryl methyl sites for hydroxylation is 1. The zero-order chi connectivity index (χ0) is 17.7. The van der Waals surface area contributed by atoms with Crippen molar-refractivity contribution in [2.24, 2.45) is 0 Å². The summed E-state index contributed by atoms with van der Waals surface area (Å²) < 4.78 is 6.18. The minimum Gasteiger partial charge on any atom is -0.481 e. The first-order valence-corrected chi connectivity index (χ1v) is 11.4. The molecular weight excluding hydrogens is 304 g/mol. The molecule has 0 fully saturated rings. The molecule has 0 bridgehead atoms. The van der Waals surface area contributed by atoms with Crippen molar-refractivity contribution in [3.63, 3.8) is 0 Å². The van der Waals surface area contributed by atoms with Gasteiger partial charge in [0.2, 0.25) is 0 Å². The maximum atomic E-state index is 11.0. The fourth-order valence-electron chi connectivity index (χ4n) is 2.09. The van der Waals surface area contributed by atoms with Gasteiger partial charge >= 0.3 is 5.97 Å². The molecule has 0 aliphatic rings. The predicted octanol–water partition coefficient (Wildman–Crippen LogP) is 5.22. The van der Waals surface area contributed by atoms with E-state index in [0.717, 1.165) is 31.4 Å². The molecule has 1 aromatic rings. The van der Waals surface area contributed by atoms with Gasteiger partial charge in [0.25, 0.3) is 0 Å². The van der Waals surface area contributed by atoms with Crippen molar-refractivity contribution in [1.82, 2.24) is 0 Å². The Morgan fingerprint density at radius 1 is 1.17 bits per heavy atom. The van der Waals surface area contributed by atoms with Gasteiger partial charge in [0.15, 0.2) is 8.32 Å². The second-order valence-electron chi connectivity index (χ2n) is 7.87. The molecule has 0 aromatic heterocycles. The van der Waals surface area contributed by atoms with Crippen LogP contribution < -0.4 is 0 Å². The summed E-state index contributed by atoms with van der Waals surface area (Å²) in [6.45, 7) is 13.9. The standard InChI is InChI=1S/C19H32O3Si/c1-15(18(20)21)17-12-10-16(11-13-17)9-7-8-14-22-23(5,6)19(2,3)4/h10-13,15H,7-9,14H2,1-6H3,(H,20,21). The van der Waals surface area contributed by atoms with Crippen LogP contribution in [0.2, 0.25) is 18.1 Å². The summed E-state index contributed by atoms with van der Waals surface area (Å²) in [4.78, 5) is 11.0. The van der Waals surface area contributed by atoms with E-state index in [-0.39, 0.29) is 5.04 Å². The number of carboxylic acid groups (broad SMARTS) is 1. The van der Waals surface area contributed by atoms with E-state index in [4.69, 9.17) is 9.53 Å². The van der Waals surface area contributed by atoms with Crippen molar-refractivity contribution in [1.29, 1.82) is 0 Å². The summed E-state index contributed by atoms with van der Waals surface area (Å²) in [6, 6.07) is 7.95. The van der Waals surface area contributed by atoms with Gasteiger partial charge in [-0.05, 0) is 55.4 Å². The third-order valence-electron chi connectivity index (χ3n) is 4.98. The molecule has 130 valence electrons. The molecule has 0 amide bonds. The smallest absolute Gasteiger partial charge is 0.310 e. The van der Waals surface area contributed by atoms with Crippen LogP contribution in [-0.4, -0.2) is 26.0 Å². The fourth-order valence-corrected chi connectivity index (χ4v) is 3.18. The first-order chi connectivity index (χ1) is 10.5. The lowest BCUT2D eigenvalue weighted by molar-refractivity contribution is -0.138. The van der Waals surface area contributed by atoms with Crippen molar-refractivity contribution >= 4 is 14.3 Å². The molecule has 1 atom stereocenters. The maximum Gasteiger partial charge on any atom is 0.310 e. The van der Waals surface area contributed by atoms with Crippen LogP contribution in [0.25, 0.3) is 0 Å². The normalized spacial score (nSPS) is 13.8. The third kappa shape index (κ3) is 6.11. The van der Waals surface area contributed by atoms with Gasteiger partial charge in [0.05, 0.1) is 5.92 Å². The number of hydrogen-bond acceptors (Lipinski definition) is 2. The molecule has 1 unspecified atom stereocenters. The first kappa shape index (κ1) is 19.9. The Labute approximate surface area is 142 Å². The van der Waals surface area contributed by atoms with Gasteiger partial charge in [-0.15, -0.1) is 0 Å². The Hall–Kier alpha value is -1.13. The lowest BCUT2D eigenvalue weighted by Gasteiger charge is -2.36. The van der Waals surface area contributed by atoms with Crippen molar-refractivity contribution in [3.8, 4) is 0 Å². The van der Waals surface area contributed by atoms with Crippen LogP contribution in [0.5, 0.6) is 0 Å². The summed E-state index contributed by atoms with van der Waals surface area (Å²) in [5.41, 5.74) is 2.13. The molecular formula is C19H32O3Si. The van der Waals surface area contributed by atoms with E-state index in [2.05, 4.69) is 33.9 Å². The molecule has 0 saturated heterocycles. The van der Waals surface area contributed by atoms with Gasteiger partial charge in [-0.25, -0.2) is 0 Å². The molecule has 3 nitrogen and oxygen atoms in total. The highest BCUT2D eigenvalue weighted by atomic mass is 28.4. The monoisotopic (exact) mass is 336 g/mol. The van der Waals surface area contributed by atoms with Crippen LogP contribution in [0.3, 0.4) is 0 Å². The highest BCUT2D eigenvalue weighted by Gasteiger charge is 2.36. The lowest BCUT2D eigenvalue weighted by Crippen LogP contribution is -2.40. The molecule has 0 heterocycles. The molecule has 0 saturated carbocycles. The van der Waals surface area contributed by atoms with Gasteiger partial charge in [0.1, 0.15) is 0 Å². The Kier molecular flexibility index (Phi) is 7.02. The van der Waals surface area contributed by atoms with Crippen molar-refractivity contribution < 1.29 is 14.3 Å². The van der Waals surface area contributed by atoms with Crippen molar-refractivity contribution in [2.75, 3.05) is 6.61 Å². The number of hydrogen-bond donors (Lipinski definition) is 1. The molecule has 0 spiro atoms. The SMILES string of the molecule is CC(C(=O)O)c1ccc(CCCCO[Si](C)(C)C(C)(C)C)cc1. The zero-order valence-electron chi connectivity index (χ0n) is 15.5. The van der Waals surface area contributed by atoms with Gasteiger partial charge in [0, 0.05) is 6.61 Å². The Morgan fingerprint density at radius 3 is 2.22 bits per heavy atom. The average molecular weight is 337 g/mol. The number of aliphatic carboxylic acids is 1. The quantitative estimate of drug-likeness (QED) is 0.523. The molecule has 1 rings (SSSR count). The number of rotatable bonds is 8. The second-order valence-corrected chi connectivity index (χ2v) is 12.7. The van der Waals surface area contributed by atoms with Crippen molar-refractivity contribution in [2.45, 2.75) is 71.0 Å². The zero-order valence-corrected chi connectivity index (χ0v) is 16.5. The number of unbranched alkanes of at least 4 members (excludes halogenated alkanes) is 1. The summed E-state index contributed by atoms with van der Waals surface area (Å²) in [5.74, 6) is -1.22. The third-order valence-corrected chi connectivity index (χ3v) is 9.52. The van der Waals surface area contributed by atoms with Crippen LogP contribution in [0.4, 0.5) is 0 Å². The van der Waals surface area contributed by atoms with E-state index in [1.807, 2.05) is 24.3 Å². The number of carbonyl (C=O) groups is 1. The van der Waals surface area contributed by atoms with Gasteiger partial charge in [-0.1, -0.05) is 45.0 Å². The predicted molar refractivity (Wildman–Crippen MR) is 98.6 cm³/mol. The minimum atomic E-state index is -1.62. The summed E-state index contributed by atoms with van der Waals surface area (Å²) in [6.07, 6.45) is 3.19. The van der Waals surface area contributed by atoms with E-state index in [0.29, 0.717) is 0 Å². The Balaban J connectivity index is 2.36. The highest BCUT2D eigenvalue weighted by Crippen LogP contribution is 2.36. The molecule has 0 aliphatic heterocycles. The molecule has 0 radical (unpaired) electrons. The maximum absolute atomic E-state index is 11.0. The minimum absolute atomic E-state index is 0.268. The topological polar surface area (TPSA) is 46.5 Å². The number of benzene rings is 1. The molecule has 0 aliphatic carbocycles. The molecule has 23 heavy (non-hydrogen) atoms. The van der Waals surface area contributed by atoms with E-state index < -0.39 is 20.2 Å². The first-order valence-electron chi connectivity index (χ1n) is 8.50. The highest BCUT2D eigenvalue weighted by molar-refractivity contribution is 6.74. The fraction of sp³-hybridized carbons (Fsp3) is 0.632. The van der Waals surface area contributed by atoms with Gasteiger partial charge in [-0.2, -0.15) is 0 Å². The van der Waals surface area contributed by atoms with Crippen LogP contribution >= 0.6 is 0 Å². The average Bonchev–Trinajstić information content (AvgIpc) is 2.45. The van der Waals surface area contributed by atoms with E-state index in [9.17, 15) is 4.79 Å². The summed E-state index contributed by atoms with van der Waals surface area (Å²) >= 11 is 0. The lowest BCUT2D eigenvalue weighted by atomic mass is 9.98. The summed E-state index contributed by atoms with van der Waals surface area (Å²) in [5, 5.41) is 9.28. The van der Waals surface area contributed by atoms with Crippen LogP contribution in [0.15, 0.2) is 24.3 Å². The summed E-state index contributed by atoms with van der Waals surface area (Å²) in [7, 11) is -1.62. The Morgan fingerprint density at radius 2 is 1.74 bits per heavy atom. The largest absolute Gasteiger partial charge is 0.481 e. The Bertz CT molecular complexity index is 500. The van der Waals surface area contributed by atoms with Gasteiger partial charge < -0.3 is 9.53 Å². The van der Waals surface area contributed by atoms with Gasteiger partial charge in [-0.3, -0.25) is 4.79 Å². The van der Waals surface area contributed by atoms with Crippen molar-refractivity contribution in [3.05, 3.63) is 35.4 Å². The number of carboxylic acids is 1.